The fraction of sp³-hybridized carbons (Fsp3) is 0.667. The predicted octanol–water partition coefficient (Wildman–Crippen LogP) is 0.727. The molecule has 10 nitrogen and oxygen atoms in total. The van der Waals surface area contributed by atoms with E-state index in [4.69, 9.17) is 5.73 Å². The summed E-state index contributed by atoms with van der Waals surface area (Å²) in [4.78, 5) is 25.4. The molecule has 0 aliphatic carbocycles. The number of hydrogen-bond acceptors (Lipinski definition) is 8. The van der Waals surface area contributed by atoms with Gasteiger partial charge in [0.15, 0.2) is 5.96 Å². The number of nitrogens with zero attached hydrogens (tertiary/aromatic N) is 1. The molecule has 1 atom stereocenters. The SMILES string of the molecule is CN=C(N)NP(=O)(OCOC(=O)OC(C)C)OC(C)=O. The van der Waals surface area contributed by atoms with Gasteiger partial charge in [-0.15, -0.1) is 0 Å². The maximum atomic E-state index is 12.0. The number of ether oxygens (including phenoxy) is 2. The van der Waals surface area contributed by atoms with Gasteiger partial charge >= 0.3 is 19.9 Å². The maximum Gasteiger partial charge on any atom is 0.510 e. The topological polar surface area (TPSA) is 139 Å². The first-order chi connectivity index (χ1) is 9.18. The minimum Gasteiger partial charge on any atom is -0.432 e. The van der Waals surface area contributed by atoms with Gasteiger partial charge in [-0.3, -0.25) is 14.9 Å². The van der Waals surface area contributed by atoms with E-state index >= 15 is 0 Å². The van der Waals surface area contributed by atoms with Gasteiger partial charge in [0, 0.05) is 14.0 Å². The normalized spacial score (nSPS) is 14.3. The van der Waals surface area contributed by atoms with E-state index in [2.05, 4.69) is 28.6 Å². The van der Waals surface area contributed by atoms with E-state index in [0.717, 1.165) is 6.92 Å². The molecular formula is C9H18N3O7P. The van der Waals surface area contributed by atoms with Crippen LogP contribution in [0.2, 0.25) is 0 Å². The molecule has 0 saturated heterocycles. The van der Waals surface area contributed by atoms with Crippen LogP contribution in [-0.4, -0.2) is 38.0 Å². The van der Waals surface area contributed by atoms with Crippen LogP contribution in [0.5, 0.6) is 0 Å². The molecule has 0 aliphatic heterocycles. The van der Waals surface area contributed by atoms with Crippen molar-refractivity contribution in [1.29, 1.82) is 0 Å². The first-order valence-electron chi connectivity index (χ1n) is 5.47. The largest absolute Gasteiger partial charge is 0.510 e. The first-order valence-corrected chi connectivity index (χ1v) is 7.01. The van der Waals surface area contributed by atoms with Crippen LogP contribution in [-0.2, 0) is 27.9 Å². The Kier molecular flexibility index (Phi) is 7.63. The van der Waals surface area contributed by atoms with Crippen molar-refractivity contribution in [2.75, 3.05) is 13.8 Å². The van der Waals surface area contributed by atoms with E-state index in [9.17, 15) is 14.2 Å². The third-order valence-electron chi connectivity index (χ3n) is 1.47. The predicted molar refractivity (Wildman–Crippen MR) is 68.7 cm³/mol. The van der Waals surface area contributed by atoms with Crippen LogP contribution < -0.4 is 10.8 Å². The van der Waals surface area contributed by atoms with Crippen molar-refractivity contribution < 1.29 is 32.7 Å². The Morgan fingerprint density at radius 2 is 2.00 bits per heavy atom. The van der Waals surface area contributed by atoms with Gasteiger partial charge in [0.2, 0.25) is 6.79 Å². The molecule has 0 fully saturated rings. The third kappa shape index (κ3) is 8.33. The smallest absolute Gasteiger partial charge is 0.432 e. The highest BCUT2D eigenvalue weighted by atomic mass is 31.2. The van der Waals surface area contributed by atoms with Crippen molar-refractivity contribution >= 4 is 25.8 Å². The Hall–Kier alpha value is -1.80. The molecule has 0 amide bonds. The van der Waals surface area contributed by atoms with Crippen LogP contribution in [0.3, 0.4) is 0 Å². The summed E-state index contributed by atoms with van der Waals surface area (Å²) in [5, 5.41) is 2.07. The van der Waals surface area contributed by atoms with E-state index in [1.807, 2.05) is 0 Å². The molecule has 0 heterocycles. The molecule has 0 saturated carbocycles. The summed E-state index contributed by atoms with van der Waals surface area (Å²) >= 11 is 0. The van der Waals surface area contributed by atoms with Gasteiger partial charge in [-0.1, -0.05) is 0 Å². The quantitative estimate of drug-likeness (QED) is 0.239. The minimum absolute atomic E-state index is 0.278. The number of carbonyl (C=O) groups excluding carboxylic acids is 2. The lowest BCUT2D eigenvalue weighted by Gasteiger charge is -2.17. The summed E-state index contributed by atoms with van der Waals surface area (Å²) in [6.07, 6.45) is -1.41. The molecule has 0 radical (unpaired) electrons. The zero-order chi connectivity index (χ0) is 15.8. The average Bonchev–Trinajstić information content (AvgIpc) is 2.26. The highest BCUT2D eigenvalue weighted by Crippen LogP contribution is 2.43. The monoisotopic (exact) mass is 311 g/mol. The zero-order valence-corrected chi connectivity index (χ0v) is 12.5. The third-order valence-corrected chi connectivity index (χ3v) is 2.92. The van der Waals surface area contributed by atoms with Crippen LogP contribution in [0.25, 0.3) is 0 Å². The number of hydrogen-bond donors (Lipinski definition) is 2. The number of rotatable bonds is 6. The molecule has 20 heavy (non-hydrogen) atoms. The second-order valence-electron chi connectivity index (χ2n) is 3.61. The lowest BCUT2D eigenvalue weighted by atomic mass is 10.5. The molecule has 0 spiro atoms. The highest BCUT2D eigenvalue weighted by molar-refractivity contribution is 7.53. The van der Waals surface area contributed by atoms with E-state index in [1.165, 1.54) is 7.05 Å². The molecule has 0 aromatic heterocycles. The summed E-state index contributed by atoms with van der Waals surface area (Å²) < 4.78 is 30.3. The molecule has 0 aromatic carbocycles. The Morgan fingerprint density at radius 1 is 1.40 bits per heavy atom. The average molecular weight is 311 g/mol. The van der Waals surface area contributed by atoms with Crippen molar-refractivity contribution in [3.8, 4) is 0 Å². The Bertz CT molecular complexity index is 424. The molecule has 11 heteroatoms. The number of nitrogens with one attached hydrogen (secondary N) is 1. The van der Waals surface area contributed by atoms with Crippen LogP contribution in [0.15, 0.2) is 4.99 Å². The number of nitrogens with two attached hydrogens (primary N) is 1. The number of aliphatic imine (C=N–C) groups is 1. The van der Waals surface area contributed by atoms with Crippen LogP contribution >= 0.6 is 7.75 Å². The summed E-state index contributed by atoms with van der Waals surface area (Å²) in [5.41, 5.74) is 5.30. The second-order valence-corrected chi connectivity index (χ2v) is 5.27. The van der Waals surface area contributed by atoms with Crippen molar-refractivity contribution in [3.05, 3.63) is 0 Å². The van der Waals surface area contributed by atoms with E-state index < -0.39 is 26.7 Å². The minimum atomic E-state index is -4.13. The van der Waals surface area contributed by atoms with E-state index in [1.54, 1.807) is 13.8 Å². The number of carbonyl (C=O) groups is 2. The van der Waals surface area contributed by atoms with Crippen LogP contribution in [0, 0.1) is 0 Å². The molecule has 0 aromatic rings. The Morgan fingerprint density at radius 3 is 2.45 bits per heavy atom. The van der Waals surface area contributed by atoms with Gasteiger partial charge in [-0.25, -0.2) is 13.9 Å². The lowest BCUT2D eigenvalue weighted by molar-refractivity contribution is -0.133. The highest BCUT2D eigenvalue weighted by Gasteiger charge is 2.29. The molecule has 0 bridgehead atoms. The van der Waals surface area contributed by atoms with E-state index in [0.29, 0.717) is 0 Å². The van der Waals surface area contributed by atoms with Gasteiger partial charge in [0.25, 0.3) is 0 Å². The van der Waals surface area contributed by atoms with Crippen LogP contribution in [0.1, 0.15) is 20.8 Å². The fourth-order valence-electron chi connectivity index (χ4n) is 0.811. The van der Waals surface area contributed by atoms with Crippen molar-refractivity contribution in [2.24, 2.45) is 10.7 Å². The van der Waals surface area contributed by atoms with Gasteiger partial charge < -0.3 is 19.7 Å². The van der Waals surface area contributed by atoms with E-state index in [-0.39, 0.29) is 12.1 Å². The summed E-state index contributed by atoms with van der Waals surface area (Å²) in [7, 11) is -2.81. The molecule has 1 unspecified atom stereocenters. The van der Waals surface area contributed by atoms with Crippen LogP contribution in [0.4, 0.5) is 4.79 Å². The van der Waals surface area contributed by atoms with Gasteiger partial charge in [-0.05, 0) is 13.8 Å². The summed E-state index contributed by atoms with van der Waals surface area (Å²) in [6, 6.07) is 0. The maximum absolute atomic E-state index is 12.0. The van der Waals surface area contributed by atoms with Crippen molar-refractivity contribution in [2.45, 2.75) is 26.9 Å². The molecular weight excluding hydrogens is 293 g/mol. The molecule has 0 rings (SSSR count). The Balaban J connectivity index is 4.48. The summed E-state index contributed by atoms with van der Waals surface area (Å²) in [6.45, 7) is 3.49. The Labute approximate surface area is 116 Å². The zero-order valence-electron chi connectivity index (χ0n) is 11.6. The van der Waals surface area contributed by atoms with Gasteiger partial charge in [-0.2, -0.15) is 0 Å². The first kappa shape index (κ1) is 18.2. The molecule has 116 valence electrons. The fourth-order valence-corrected chi connectivity index (χ4v) is 1.88. The second kappa shape index (κ2) is 8.39. The number of guanidine groups is 1. The summed E-state index contributed by atoms with van der Waals surface area (Å²) in [5.74, 6) is -1.16. The van der Waals surface area contributed by atoms with Gasteiger partial charge in [0.1, 0.15) is 0 Å². The standard InChI is InChI=1S/C9H18N3O7P/c1-6(2)18-9(14)16-5-17-20(15,19-7(3)13)12-8(10)11-4/h6H,5H2,1-4H3,(H3,10,11,12,15). The molecule has 0 aliphatic rings. The lowest BCUT2D eigenvalue weighted by Crippen LogP contribution is -2.31. The molecule has 3 N–H and O–H groups in total. The van der Waals surface area contributed by atoms with Crippen molar-refractivity contribution in [3.63, 3.8) is 0 Å². The van der Waals surface area contributed by atoms with Gasteiger partial charge in [0.05, 0.1) is 6.10 Å². The van der Waals surface area contributed by atoms with Crippen molar-refractivity contribution in [1.82, 2.24) is 5.09 Å².